The van der Waals surface area contributed by atoms with Crippen molar-refractivity contribution < 1.29 is 24.2 Å². The van der Waals surface area contributed by atoms with Crippen LogP contribution in [0.5, 0.6) is 5.75 Å². The van der Waals surface area contributed by atoms with E-state index in [-0.39, 0.29) is 31.1 Å². The molecule has 0 aliphatic carbocycles. The van der Waals surface area contributed by atoms with Crippen LogP contribution in [0.25, 0.3) is 0 Å². The summed E-state index contributed by atoms with van der Waals surface area (Å²) in [5.41, 5.74) is 1.31. The fourth-order valence-corrected chi connectivity index (χ4v) is 3.37. The number of nitrogens with one attached hydrogen (secondary N) is 3. The van der Waals surface area contributed by atoms with Crippen LogP contribution in [0.15, 0.2) is 42.9 Å². The number of benzene rings is 1. The summed E-state index contributed by atoms with van der Waals surface area (Å²) in [6, 6.07) is 7.97. The van der Waals surface area contributed by atoms with Crippen molar-refractivity contribution in [3.05, 3.63) is 48.5 Å². The van der Waals surface area contributed by atoms with Gasteiger partial charge in [-0.25, -0.2) is 14.8 Å². The minimum Gasteiger partial charge on any atom is -0.497 e. The smallest absolute Gasteiger partial charge is 0.319 e. The number of methoxy groups -OCH3 is 1. The molecule has 1 aliphatic heterocycles. The van der Waals surface area contributed by atoms with E-state index in [1.165, 1.54) is 6.33 Å². The maximum atomic E-state index is 12.3. The number of urea groups is 1. The molecule has 1 saturated heterocycles. The summed E-state index contributed by atoms with van der Waals surface area (Å²) in [6.45, 7) is 0.0509. The zero-order valence-corrected chi connectivity index (χ0v) is 17.3. The summed E-state index contributed by atoms with van der Waals surface area (Å²) in [5, 5.41) is 18.1. The molecule has 2 aromatic rings. The molecule has 1 aromatic heterocycles. The zero-order valence-electron chi connectivity index (χ0n) is 17.3. The van der Waals surface area contributed by atoms with Gasteiger partial charge in [0.1, 0.15) is 18.2 Å². The molecule has 1 aliphatic rings. The quantitative estimate of drug-likeness (QED) is 0.496. The highest BCUT2D eigenvalue weighted by atomic mass is 16.5. The normalized spacial score (nSPS) is 20.5. The van der Waals surface area contributed by atoms with Crippen molar-refractivity contribution in [1.82, 2.24) is 20.6 Å². The molecule has 3 atom stereocenters. The number of anilines is 1. The van der Waals surface area contributed by atoms with Gasteiger partial charge in [0.05, 0.1) is 44.5 Å². The molecule has 3 amide bonds. The van der Waals surface area contributed by atoms with Gasteiger partial charge in [0.2, 0.25) is 5.91 Å². The molecule has 0 unspecified atom stereocenters. The number of carbonyl (C=O) groups is 2. The summed E-state index contributed by atoms with van der Waals surface area (Å²) in [5.74, 6) is 0.468. The molecule has 31 heavy (non-hydrogen) atoms. The van der Waals surface area contributed by atoms with E-state index in [9.17, 15) is 14.7 Å². The average Bonchev–Trinajstić information content (AvgIpc) is 2.79. The first kappa shape index (κ1) is 22.4. The van der Waals surface area contributed by atoms with Crippen LogP contribution >= 0.6 is 0 Å². The summed E-state index contributed by atoms with van der Waals surface area (Å²) >= 11 is 0. The SMILES string of the molecule is COc1cccc(NC(=O)N[C@@H]2CC[C@@H](CC(=O)NCc3ccncn3)O[C@@H]2CO)c1. The van der Waals surface area contributed by atoms with Gasteiger partial charge in [-0.3, -0.25) is 4.79 Å². The van der Waals surface area contributed by atoms with E-state index in [2.05, 4.69) is 25.9 Å². The minimum absolute atomic E-state index is 0.164. The molecule has 1 fully saturated rings. The first-order valence-corrected chi connectivity index (χ1v) is 10.1. The van der Waals surface area contributed by atoms with Crippen LogP contribution < -0.4 is 20.7 Å². The molecule has 4 N–H and O–H groups in total. The Morgan fingerprint density at radius 2 is 2.16 bits per heavy atom. The Balaban J connectivity index is 1.45. The number of hydrogen-bond donors (Lipinski definition) is 4. The van der Waals surface area contributed by atoms with Gasteiger partial charge in [-0.2, -0.15) is 0 Å². The number of nitrogens with zero attached hydrogens (tertiary/aromatic N) is 2. The number of amides is 3. The molecule has 3 rings (SSSR count). The van der Waals surface area contributed by atoms with E-state index in [4.69, 9.17) is 9.47 Å². The zero-order chi connectivity index (χ0) is 22.1. The molecular formula is C21H27N5O5. The second-order valence-corrected chi connectivity index (χ2v) is 7.17. The Morgan fingerprint density at radius 3 is 2.90 bits per heavy atom. The summed E-state index contributed by atoms with van der Waals surface area (Å²) in [4.78, 5) is 32.4. The molecule has 0 saturated carbocycles. The van der Waals surface area contributed by atoms with Crippen LogP contribution in [0.1, 0.15) is 25.0 Å². The molecule has 1 aromatic carbocycles. The third-order valence-electron chi connectivity index (χ3n) is 4.96. The molecule has 0 spiro atoms. The van der Waals surface area contributed by atoms with Gasteiger partial charge < -0.3 is 30.5 Å². The lowest BCUT2D eigenvalue weighted by atomic mass is 9.97. The minimum atomic E-state index is -0.593. The third-order valence-corrected chi connectivity index (χ3v) is 4.96. The van der Waals surface area contributed by atoms with Gasteiger partial charge in [0.25, 0.3) is 0 Å². The van der Waals surface area contributed by atoms with Crippen molar-refractivity contribution in [2.75, 3.05) is 19.0 Å². The fraction of sp³-hybridized carbons (Fsp3) is 0.429. The molecule has 0 bridgehead atoms. The molecule has 10 nitrogen and oxygen atoms in total. The highest BCUT2D eigenvalue weighted by molar-refractivity contribution is 5.89. The fourth-order valence-electron chi connectivity index (χ4n) is 3.37. The van der Waals surface area contributed by atoms with E-state index in [1.807, 2.05) is 0 Å². The van der Waals surface area contributed by atoms with Crippen molar-refractivity contribution in [3.63, 3.8) is 0 Å². The Kier molecular flexibility index (Phi) is 8.13. The molecule has 166 valence electrons. The van der Waals surface area contributed by atoms with Crippen molar-refractivity contribution in [2.45, 2.75) is 44.1 Å². The van der Waals surface area contributed by atoms with E-state index < -0.39 is 12.1 Å². The number of carbonyl (C=O) groups excluding carboxylic acids is 2. The highest BCUT2D eigenvalue weighted by Gasteiger charge is 2.32. The predicted octanol–water partition coefficient (Wildman–Crippen LogP) is 1.22. The van der Waals surface area contributed by atoms with Crippen LogP contribution in [0.4, 0.5) is 10.5 Å². The van der Waals surface area contributed by atoms with Crippen molar-refractivity contribution in [2.24, 2.45) is 0 Å². The first-order chi connectivity index (χ1) is 15.1. The Labute approximate surface area is 180 Å². The predicted molar refractivity (Wildman–Crippen MR) is 112 cm³/mol. The van der Waals surface area contributed by atoms with E-state index in [0.717, 1.165) is 0 Å². The van der Waals surface area contributed by atoms with Crippen molar-refractivity contribution in [1.29, 1.82) is 0 Å². The second-order valence-electron chi connectivity index (χ2n) is 7.17. The van der Waals surface area contributed by atoms with E-state index in [1.54, 1.807) is 43.6 Å². The molecule has 0 radical (unpaired) electrons. The highest BCUT2D eigenvalue weighted by Crippen LogP contribution is 2.22. The summed E-state index contributed by atoms with van der Waals surface area (Å²) < 4.78 is 11.0. The molecule has 10 heteroatoms. The standard InChI is InChI=1S/C21H27N5O5/c1-30-16-4-2-3-14(9-16)25-21(29)26-18-6-5-17(31-19(18)12-27)10-20(28)23-11-15-7-8-22-13-24-15/h2-4,7-9,13,17-19,27H,5-6,10-12H2,1H3,(H,23,28)(H2,25,26,29)/t17-,18+,19+/m0/s1. The van der Waals surface area contributed by atoms with Crippen LogP contribution in [-0.2, 0) is 16.1 Å². The first-order valence-electron chi connectivity index (χ1n) is 10.1. The lowest BCUT2D eigenvalue weighted by molar-refractivity contribution is -0.130. The van der Waals surface area contributed by atoms with Crippen LogP contribution in [0, 0.1) is 0 Å². The van der Waals surface area contributed by atoms with E-state index >= 15 is 0 Å². The van der Waals surface area contributed by atoms with Crippen LogP contribution in [-0.4, -0.2) is 59.0 Å². The number of hydrogen-bond acceptors (Lipinski definition) is 7. The van der Waals surface area contributed by atoms with Crippen LogP contribution in [0.2, 0.25) is 0 Å². The molecular weight excluding hydrogens is 402 g/mol. The number of aliphatic hydroxyl groups excluding tert-OH is 1. The maximum Gasteiger partial charge on any atom is 0.319 e. The van der Waals surface area contributed by atoms with Gasteiger partial charge in [-0.05, 0) is 31.0 Å². The second kappa shape index (κ2) is 11.2. The van der Waals surface area contributed by atoms with Crippen molar-refractivity contribution >= 4 is 17.6 Å². The monoisotopic (exact) mass is 429 g/mol. The third kappa shape index (κ3) is 6.90. The van der Waals surface area contributed by atoms with Gasteiger partial charge in [-0.15, -0.1) is 0 Å². The van der Waals surface area contributed by atoms with E-state index in [0.29, 0.717) is 36.5 Å². The number of aliphatic hydroxyl groups is 1. The topological polar surface area (TPSA) is 135 Å². The Morgan fingerprint density at radius 1 is 1.29 bits per heavy atom. The van der Waals surface area contributed by atoms with Crippen molar-refractivity contribution in [3.8, 4) is 5.75 Å². The number of aromatic nitrogens is 2. The molecule has 2 heterocycles. The number of ether oxygens (including phenoxy) is 2. The van der Waals surface area contributed by atoms with Gasteiger partial charge in [-0.1, -0.05) is 6.07 Å². The maximum absolute atomic E-state index is 12.3. The number of rotatable bonds is 8. The largest absolute Gasteiger partial charge is 0.497 e. The Bertz CT molecular complexity index is 866. The Hall–Kier alpha value is -3.24. The van der Waals surface area contributed by atoms with Gasteiger partial charge >= 0.3 is 6.03 Å². The van der Waals surface area contributed by atoms with Gasteiger partial charge in [0, 0.05) is 18.0 Å². The summed E-state index contributed by atoms with van der Waals surface area (Å²) in [6.07, 6.45) is 3.45. The average molecular weight is 429 g/mol. The lowest BCUT2D eigenvalue weighted by Gasteiger charge is -2.35. The van der Waals surface area contributed by atoms with Gasteiger partial charge in [0.15, 0.2) is 0 Å². The lowest BCUT2D eigenvalue weighted by Crippen LogP contribution is -2.52. The van der Waals surface area contributed by atoms with Crippen LogP contribution in [0.3, 0.4) is 0 Å². The summed E-state index contributed by atoms with van der Waals surface area (Å²) in [7, 11) is 1.55.